The lowest BCUT2D eigenvalue weighted by Gasteiger charge is -2.08. The summed E-state index contributed by atoms with van der Waals surface area (Å²) in [6.45, 7) is 1.99. The number of hydrogen-bond donors (Lipinski definition) is 2. The monoisotopic (exact) mass is 301 g/mol. The Morgan fingerprint density at radius 1 is 1.14 bits per heavy atom. The maximum Gasteiger partial charge on any atom is 0.271 e. The minimum absolute atomic E-state index is 0.234. The van der Waals surface area contributed by atoms with Crippen molar-refractivity contribution in [3.05, 3.63) is 59.9 Å². The van der Waals surface area contributed by atoms with Crippen molar-refractivity contribution in [2.24, 2.45) is 0 Å². The van der Waals surface area contributed by atoms with Gasteiger partial charge in [0.1, 0.15) is 0 Å². The summed E-state index contributed by atoms with van der Waals surface area (Å²) in [4.78, 5) is 28.3. The highest BCUT2D eigenvalue weighted by atomic mass is 32.2. The van der Waals surface area contributed by atoms with Crippen LogP contribution in [0.25, 0.3) is 0 Å². The summed E-state index contributed by atoms with van der Waals surface area (Å²) in [5, 5.41) is 0. The van der Waals surface area contributed by atoms with Crippen molar-refractivity contribution >= 4 is 23.6 Å². The van der Waals surface area contributed by atoms with Crippen LogP contribution in [0.15, 0.2) is 53.7 Å². The van der Waals surface area contributed by atoms with Crippen LogP contribution >= 0.6 is 11.8 Å². The Morgan fingerprint density at radius 3 is 2.67 bits per heavy atom. The molecule has 108 valence electrons. The maximum atomic E-state index is 11.7. The van der Waals surface area contributed by atoms with E-state index in [2.05, 4.69) is 15.8 Å². The first-order chi connectivity index (χ1) is 10.2. The molecule has 0 fully saturated rings. The first-order valence-electron chi connectivity index (χ1n) is 6.34. The molecule has 0 aliphatic carbocycles. The summed E-state index contributed by atoms with van der Waals surface area (Å²) in [6, 6.07) is 11.1. The quantitative estimate of drug-likeness (QED) is 0.669. The number of carbonyl (C=O) groups is 2. The number of aromatic nitrogens is 1. The van der Waals surface area contributed by atoms with Crippen LogP contribution in [-0.4, -0.2) is 22.6 Å². The van der Waals surface area contributed by atoms with Gasteiger partial charge in [0.25, 0.3) is 5.91 Å². The van der Waals surface area contributed by atoms with E-state index in [0.717, 1.165) is 10.5 Å². The lowest BCUT2D eigenvalue weighted by Crippen LogP contribution is -2.42. The summed E-state index contributed by atoms with van der Waals surface area (Å²) in [5.41, 5.74) is 6.25. The molecule has 5 nitrogen and oxygen atoms in total. The van der Waals surface area contributed by atoms with Crippen molar-refractivity contribution < 1.29 is 9.59 Å². The van der Waals surface area contributed by atoms with E-state index < -0.39 is 5.91 Å². The van der Waals surface area contributed by atoms with Gasteiger partial charge in [0.2, 0.25) is 5.91 Å². The number of pyridine rings is 1. The average molecular weight is 301 g/mol. The number of nitrogens with zero attached hydrogens (tertiary/aromatic N) is 1. The number of thioether (sulfide) groups is 1. The first kappa shape index (κ1) is 15.1. The number of hydrogen-bond acceptors (Lipinski definition) is 4. The van der Waals surface area contributed by atoms with Gasteiger partial charge in [0, 0.05) is 17.3 Å². The average Bonchev–Trinajstić information content (AvgIpc) is 2.52. The third-order valence-electron chi connectivity index (χ3n) is 2.69. The zero-order valence-corrected chi connectivity index (χ0v) is 12.3. The van der Waals surface area contributed by atoms with E-state index in [1.54, 1.807) is 18.3 Å². The van der Waals surface area contributed by atoms with Crippen molar-refractivity contribution in [2.45, 2.75) is 11.8 Å². The second-order valence-electron chi connectivity index (χ2n) is 4.30. The third kappa shape index (κ3) is 4.61. The maximum absolute atomic E-state index is 11.7. The highest BCUT2D eigenvalue weighted by Crippen LogP contribution is 2.21. The van der Waals surface area contributed by atoms with Crippen molar-refractivity contribution in [3.63, 3.8) is 0 Å². The van der Waals surface area contributed by atoms with Crippen LogP contribution in [0.2, 0.25) is 0 Å². The zero-order valence-electron chi connectivity index (χ0n) is 11.5. The Bertz CT molecular complexity index is 632. The van der Waals surface area contributed by atoms with Gasteiger partial charge in [-0.3, -0.25) is 25.4 Å². The molecule has 0 atom stereocenters. The number of benzene rings is 1. The molecule has 0 saturated carbocycles. The summed E-state index contributed by atoms with van der Waals surface area (Å²) in [6.07, 6.45) is 3.01. The van der Waals surface area contributed by atoms with Crippen molar-refractivity contribution in [2.75, 3.05) is 5.75 Å². The Balaban J connectivity index is 1.78. The van der Waals surface area contributed by atoms with E-state index in [1.807, 2.05) is 31.2 Å². The SMILES string of the molecule is Cc1ccccc1SCC(=O)NNC(=O)c1cccnc1. The van der Waals surface area contributed by atoms with Gasteiger partial charge in [-0.25, -0.2) is 0 Å². The molecule has 0 aliphatic heterocycles. The van der Waals surface area contributed by atoms with E-state index in [9.17, 15) is 9.59 Å². The summed E-state index contributed by atoms with van der Waals surface area (Å²) in [7, 11) is 0. The standard InChI is InChI=1S/C15H15N3O2S/c1-11-5-2-3-7-13(11)21-10-14(19)17-18-15(20)12-6-4-8-16-9-12/h2-9H,10H2,1H3,(H,17,19)(H,18,20). The molecule has 0 aliphatic rings. The van der Waals surface area contributed by atoms with Gasteiger partial charge in [0.05, 0.1) is 11.3 Å². The topological polar surface area (TPSA) is 71.1 Å². The molecular weight excluding hydrogens is 286 g/mol. The number of rotatable bonds is 4. The fraction of sp³-hybridized carbons (Fsp3) is 0.133. The van der Waals surface area contributed by atoms with Gasteiger partial charge < -0.3 is 0 Å². The van der Waals surface area contributed by atoms with Crippen molar-refractivity contribution in [1.82, 2.24) is 15.8 Å². The summed E-state index contributed by atoms with van der Waals surface area (Å²) in [5.74, 6) is -0.420. The molecule has 0 radical (unpaired) electrons. The Kier molecular flexibility index (Phi) is 5.34. The largest absolute Gasteiger partial charge is 0.272 e. The van der Waals surface area contributed by atoms with Crippen molar-refractivity contribution in [1.29, 1.82) is 0 Å². The van der Waals surface area contributed by atoms with E-state index >= 15 is 0 Å². The number of carbonyl (C=O) groups excluding carboxylic acids is 2. The van der Waals surface area contributed by atoms with Crippen molar-refractivity contribution in [3.8, 4) is 0 Å². The van der Waals surface area contributed by atoms with Gasteiger partial charge >= 0.3 is 0 Å². The first-order valence-corrected chi connectivity index (χ1v) is 7.33. The van der Waals surface area contributed by atoms with E-state index in [-0.39, 0.29) is 11.7 Å². The number of amides is 2. The second kappa shape index (κ2) is 7.44. The van der Waals surface area contributed by atoms with Crippen LogP contribution in [0.1, 0.15) is 15.9 Å². The molecule has 6 heteroatoms. The second-order valence-corrected chi connectivity index (χ2v) is 5.32. The molecule has 21 heavy (non-hydrogen) atoms. The zero-order chi connectivity index (χ0) is 15.1. The molecule has 0 saturated heterocycles. The minimum Gasteiger partial charge on any atom is -0.272 e. The minimum atomic E-state index is -0.391. The molecule has 0 spiro atoms. The van der Waals surface area contributed by atoms with E-state index in [0.29, 0.717) is 5.56 Å². The predicted molar refractivity (Wildman–Crippen MR) is 81.7 cm³/mol. The van der Waals surface area contributed by atoms with Crippen LogP contribution < -0.4 is 10.9 Å². The predicted octanol–water partition coefficient (Wildman–Crippen LogP) is 1.94. The highest BCUT2D eigenvalue weighted by Gasteiger charge is 2.08. The van der Waals surface area contributed by atoms with E-state index in [4.69, 9.17) is 0 Å². The number of aryl methyl sites for hydroxylation is 1. The van der Waals surface area contributed by atoms with Crippen LogP contribution in [0, 0.1) is 6.92 Å². The van der Waals surface area contributed by atoms with Crippen LogP contribution in [0.4, 0.5) is 0 Å². The molecule has 2 N–H and O–H groups in total. The molecule has 2 aromatic rings. The normalized spacial score (nSPS) is 9.95. The number of nitrogens with one attached hydrogen (secondary N) is 2. The van der Waals surface area contributed by atoms with Gasteiger partial charge in [-0.15, -0.1) is 11.8 Å². The number of hydrazine groups is 1. The Labute approximate surface area is 127 Å². The highest BCUT2D eigenvalue weighted by molar-refractivity contribution is 8.00. The van der Waals surface area contributed by atoms with E-state index in [1.165, 1.54) is 18.0 Å². The lowest BCUT2D eigenvalue weighted by molar-refractivity contribution is -0.119. The fourth-order valence-electron chi connectivity index (χ4n) is 1.59. The van der Waals surface area contributed by atoms with Crippen LogP contribution in [0.5, 0.6) is 0 Å². The molecular formula is C15H15N3O2S. The van der Waals surface area contributed by atoms with Gasteiger partial charge in [-0.05, 0) is 30.7 Å². The Hall–Kier alpha value is -2.34. The molecule has 2 rings (SSSR count). The third-order valence-corrected chi connectivity index (χ3v) is 3.87. The molecule has 2 amide bonds. The molecule has 0 bridgehead atoms. The molecule has 1 heterocycles. The molecule has 1 aromatic heterocycles. The smallest absolute Gasteiger partial charge is 0.271 e. The summed E-state index contributed by atoms with van der Waals surface area (Å²) >= 11 is 1.43. The van der Waals surface area contributed by atoms with Crippen LogP contribution in [-0.2, 0) is 4.79 Å². The fourth-order valence-corrected chi connectivity index (χ4v) is 2.42. The molecule has 0 unspecified atom stereocenters. The summed E-state index contributed by atoms with van der Waals surface area (Å²) < 4.78 is 0. The Morgan fingerprint density at radius 2 is 1.95 bits per heavy atom. The van der Waals surface area contributed by atoms with Crippen LogP contribution in [0.3, 0.4) is 0 Å². The molecule has 1 aromatic carbocycles. The lowest BCUT2D eigenvalue weighted by atomic mass is 10.2. The van der Waals surface area contributed by atoms with Gasteiger partial charge in [0.15, 0.2) is 0 Å². The van der Waals surface area contributed by atoms with Gasteiger partial charge in [-0.2, -0.15) is 0 Å². The van der Waals surface area contributed by atoms with Gasteiger partial charge in [-0.1, -0.05) is 18.2 Å².